The molecule has 16 heavy (non-hydrogen) atoms. The summed E-state index contributed by atoms with van der Waals surface area (Å²) < 4.78 is 9.95. The Bertz CT molecular complexity index is 176. The molecule has 0 saturated carbocycles. The van der Waals surface area contributed by atoms with Crippen molar-refractivity contribution in [2.45, 2.75) is 20.8 Å². The molecule has 1 fully saturated rings. The van der Waals surface area contributed by atoms with E-state index in [-0.39, 0.29) is 7.52 Å². The number of alkyl carbamates (subject to hydrolysis) is 1. The third kappa shape index (κ3) is 7.48. The van der Waals surface area contributed by atoms with Gasteiger partial charge in [-0.05, 0) is 6.92 Å². The van der Waals surface area contributed by atoms with Crippen LogP contribution in [0.5, 0.6) is 0 Å². The highest BCUT2D eigenvalue weighted by Crippen LogP contribution is 1.94. The Kier molecular flexibility index (Phi) is 10.2. The molecule has 0 unspecified atom stereocenters. The van der Waals surface area contributed by atoms with Gasteiger partial charge in [-0.15, -0.1) is 0 Å². The number of amides is 1. The van der Waals surface area contributed by atoms with Crippen LogP contribution in [0.15, 0.2) is 0 Å². The molecule has 0 bridgehead atoms. The van der Waals surface area contributed by atoms with Gasteiger partial charge in [0, 0.05) is 27.6 Å². The van der Waals surface area contributed by atoms with E-state index in [2.05, 4.69) is 10.2 Å². The molecule has 0 radical (unpaired) electrons. The lowest BCUT2D eigenvalue weighted by molar-refractivity contribution is 0.0383. The highest BCUT2D eigenvalue weighted by atomic mass is 16.5. The Balaban J connectivity index is 0. The third-order valence-electron chi connectivity index (χ3n) is 2.08. The zero-order valence-corrected chi connectivity index (χ0v) is 10.6. The van der Waals surface area contributed by atoms with Crippen LogP contribution in [-0.4, -0.2) is 57.0 Å². The minimum absolute atomic E-state index is 0. The SMILES string of the molecule is CC.CCOC(=O)NCCN1CCOCC1.[HH]. The number of carbonyl (C=O) groups excluding carboxylic acids is 1. The van der Waals surface area contributed by atoms with Crippen LogP contribution in [0.25, 0.3) is 0 Å². The van der Waals surface area contributed by atoms with E-state index < -0.39 is 0 Å². The topological polar surface area (TPSA) is 50.8 Å². The van der Waals surface area contributed by atoms with Crippen molar-refractivity contribution in [2.24, 2.45) is 0 Å². The molecule has 5 nitrogen and oxygen atoms in total. The standard InChI is InChI=1S/C9H18N2O3.C2H6.H2/c1-2-14-9(12)10-3-4-11-5-7-13-8-6-11;1-2;/h2-8H2,1H3,(H,10,12);1-2H3;1H. The van der Waals surface area contributed by atoms with Gasteiger partial charge in [-0.3, -0.25) is 4.90 Å². The summed E-state index contributed by atoms with van der Waals surface area (Å²) in [7, 11) is 0. The third-order valence-corrected chi connectivity index (χ3v) is 2.08. The fourth-order valence-corrected chi connectivity index (χ4v) is 1.32. The minimum Gasteiger partial charge on any atom is -0.450 e. The van der Waals surface area contributed by atoms with Gasteiger partial charge in [0.25, 0.3) is 0 Å². The van der Waals surface area contributed by atoms with Gasteiger partial charge in [0.05, 0.1) is 19.8 Å². The number of carbonyl (C=O) groups is 1. The molecule has 0 aliphatic carbocycles. The molecule has 1 amide bonds. The Morgan fingerprint density at radius 2 is 2.06 bits per heavy atom. The molecule has 0 aromatic rings. The van der Waals surface area contributed by atoms with Crippen molar-refractivity contribution in [1.29, 1.82) is 0 Å². The molecule has 1 saturated heterocycles. The second-order valence-electron chi connectivity index (χ2n) is 3.10. The number of nitrogens with zero attached hydrogens (tertiary/aromatic N) is 1. The first-order valence-electron chi connectivity index (χ1n) is 6.03. The highest BCUT2D eigenvalue weighted by Gasteiger charge is 2.09. The van der Waals surface area contributed by atoms with E-state index in [9.17, 15) is 4.79 Å². The van der Waals surface area contributed by atoms with Crippen LogP contribution in [-0.2, 0) is 9.47 Å². The largest absolute Gasteiger partial charge is 0.450 e. The molecule has 0 aromatic carbocycles. The van der Waals surface area contributed by atoms with Gasteiger partial charge in [-0.2, -0.15) is 0 Å². The number of ether oxygens (including phenoxy) is 2. The lowest BCUT2D eigenvalue weighted by Gasteiger charge is -2.26. The van der Waals surface area contributed by atoms with Crippen LogP contribution < -0.4 is 5.32 Å². The van der Waals surface area contributed by atoms with E-state index in [1.165, 1.54) is 0 Å². The quantitative estimate of drug-likeness (QED) is 0.797. The van der Waals surface area contributed by atoms with E-state index in [0.717, 1.165) is 32.8 Å². The van der Waals surface area contributed by atoms with Crippen LogP contribution in [0.1, 0.15) is 22.2 Å². The molecule has 1 N–H and O–H groups in total. The molecule has 1 heterocycles. The molecule has 0 aromatic heterocycles. The maximum atomic E-state index is 10.9. The van der Waals surface area contributed by atoms with E-state index >= 15 is 0 Å². The molecular formula is C11H26N2O3. The second-order valence-corrected chi connectivity index (χ2v) is 3.10. The Morgan fingerprint density at radius 1 is 1.44 bits per heavy atom. The van der Waals surface area contributed by atoms with Crippen LogP contribution in [0, 0.1) is 0 Å². The van der Waals surface area contributed by atoms with Crippen molar-refractivity contribution in [3.05, 3.63) is 0 Å². The first-order valence-corrected chi connectivity index (χ1v) is 6.03. The summed E-state index contributed by atoms with van der Waals surface area (Å²) in [5.41, 5.74) is 0. The lowest BCUT2D eigenvalue weighted by atomic mass is 10.4. The first-order chi connectivity index (χ1) is 7.83. The van der Waals surface area contributed by atoms with Crippen molar-refractivity contribution in [3.8, 4) is 0 Å². The van der Waals surface area contributed by atoms with Crippen molar-refractivity contribution in [3.63, 3.8) is 0 Å². The molecular weight excluding hydrogens is 208 g/mol. The Morgan fingerprint density at radius 3 is 2.62 bits per heavy atom. The van der Waals surface area contributed by atoms with Crippen LogP contribution in [0.4, 0.5) is 4.79 Å². The molecule has 0 atom stereocenters. The van der Waals surface area contributed by atoms with E-state index in [1.54, 1.807) is 6.92 Å². The van der Waals surface area contributed by atoms with E-state index in [0.29, 0.717) is 13.2 Å². The summed E-state index contributed by atoms with van der Waals surface area (Å²) in [6.07, 6.45) is -0.333. The van der Waals surface area contributed by atoms with Crippen LogP contribution in [0.3, 0.4) is 0 Å². The zero-order chi connectivity index (χ0) is 12.2. The molecule has 1 aliphatic rings. The van der Waals surface area contributed by atoms with Crippen molar-refractivity contribution < 1.29 is 15.7 Å². The minimum atomic E-state index is -0.333. The summed E-state index contributed by atoms with van der Waals surface area (Å²) in [4.78, 5) is 13.2. The highest BCUT2D eigenvalue weighted by molar-refractivity contribution is 5.66. The molecule has 0 spiro atoms. The fraction of sp³-hybridized carbons (Fsp3) is 0.909. The monoisotopic (exact) mass is 234 g/mol. The Labute approximate surface area is 99.6 Å². The Hall–Kier alpha value is -0.810. The summed E-state index contributed by atoms with van der Waals surface area (Å²) in [6.45, 7) is 11.2. The van der Waals surface area contributed by atoms with Gasteiger partial charge in [-0.25, -0.2) is 4.79 Å². The maximum Gasteiger partial charge on any atom is 0.407 e. The average Bonchev–Trinajstić information content (AvgIpc) is 2.33. The lowest BCUT2D eigenvalue weighted by Crippen LogP contribution is -2.41. The van der Waals surface area contributed by atoms with Gasteiger partial charge in [-0.1, -0.05) is 13.8 Å². The summed E-state index contributed by atoms with van der Waals surface area (Å²) in [6, 6.07) is 0. The number of morpholine rings is 1. The normalized spacial score (nSPS) is 15.9. The van der Waals surface area contributed by atoms with Crippen LogP contribution >= 0.6 is 0 Å². The van der Waals surface area contributed by atoms with Gasteiger partial charge >= 0.3 is 6.09 Å². The first kappa shape index (κ1) is 15.2. The van der Waals surface area contributed by atoms with Gasteiger partial charge < -0.3 is 14.8 Å². The second kappa shape index (κ2) is 10.7. The fourth-order valence-electron chi connectivity index (χ4n) is 1.32. The van der Waals surface area contributed by atoms with Crippen LogP contribution in [0.2, 0.25) is 0 Å². The summed E-state index contributed by atoms with van der Waals surface area (Å²) >= 11 is 0. The number of hydrogen-bond donors (Lipinski definition) is 1. The van der Waals surface area contributed by atoms with Gasteiger partial charge in [0.2, 0.25) is 0 Å². The van der Waals surface area contributed by atoms with Crippen molar-refractivity contribution in [2.75, 3.05) is 46.0 Å². The van der Waals surface area contributed by atoms with Gasteiger partial charge in [0.1, 0.15) is 0 Å². The molecule has 98 valence electrons. The number of hydrogen-bond acceptors (Lipinski definition) is 4. The smallest absolute Gasteiger partial charge is 0.407 e. The molecule has 1 aliphatic heterocycles. The maximum absolute atomic E-state index is 10.9. The van der Waals surface area contributed by atoms with E-state index in [4.69, 9.17) is 9.47 Å². The molecule has 5 heteroatoms. The summed E-state index contributed by atoms with van der Waals surface area (Å²) in [5, 5.41) is 2.69. The van der Waals surface area contributed by atoms with Crippen molar-refractivity contribution in [1.82, 2.24) is 10.2 Å². The number of nitrogens with one attached hydrogen (secondary N) is 1. The predicted molar refractivity (Wildman–Crippen MR) is 65.7 cm³/mol. The number of rotatable bonds is 4. The zero-order valence-electron chi connectivity index (χ0n) is 10.6. The molecule has 1 rings (SSSR count). The van der Waals surface area contributed by atoms with Crippen molar-refractivity contribution >= 4 is 6.09 Å². The van der Waals surface area contributed by atoms with Gasteiger partial charge in [0.15, 0.2) is 0 Å². The average molecular weight is 234 g/mol. The predicted octanol–water partition coefficient (Wildman–Crippen LogP) is 1.34. The van der Waals surface area contributed by atoms with E-state index in [1.807, 2.05) is 13.8 Å². The summed E-state index contributed by atoms with van der Waals surface area (Å²) in [5.74, 6) is 0.